The molecule has 0 aliphatic carbocycles. The number of hydrogen-bond acceptors (Lipinski definition) is 4. The van der Waals surface area contributed by atoms with Gasteiger partial charge in [-0.3, -0.25) is 9.88 Å². The Morgan fingerprint density at radius 3 is 3.00 bits per heavy atom. The minimum absolute atomic E-state index is 0.274. The van der Waals surface area contributed by atoms with E-state index in [1.54, 1.807) is 6.20 Å². The van der Waals surface area contributed by atoms with Gasteiger partial charge in [-0.15, -0.1) is 0 Å². The van der Waals surface area contributed by atoms with Crippen molar-refractivity contribution >= 4 is 11.6 Å². The lowest BCUT2D eigenvalue weighted by Gasteiger charge is -2.42. The van der Waals surface area contributed by atoms with E-state index in [1.165, 1.54) is 0 Å². The van der Waals surface area contributed by atoms with Crippen molar-refractivity contribution in [1.29, 1.82) is 0 Å². The lowest BCUT2D eigenvalue weighted by molar-refractivity contribution is -0.130. The number of β-amino-alcohol motifs (C(OH)–C–C–N with tert-alkyl or cyclic N) is 1. The summed E-state index contributed by atoms with van der Waals surface area (Å²) >= 11 is 5.83. The van der Waals surface area contributed by atoms with E-state index in [9.17, 15) is 5.11 Å². The van der Waals surface area contributed by atoms with Crippen molar-refractivity contribution in [2.75, 3.05) is 19.7 Å². The standard InChI is InChI=1S/C14H19ClN2O2/c15-11-2-3-12(16-8-11)9-17-6-5-14(13(18)10-17)4-1-7-19-14/h2-3,8,13,18H,1,4-7,9-10H2/t13-,14-/m0/s1. The van der Waals surface area contributed by atoms with Gasteiger partial charge in [0.15, 0.2) is 0 Å². The van der Waals surface area contributed by atoms with Crippen LogP contribution in [0.15, 0.2) is 18.3 Å². The summed E-state index contributed by atoms with van der Waals surface area (Å²) in [5, 5.41) is 11.0. The maximum absolute atomic E-state index is 10.3. The maximum atomic E-state index is 10.3. The van der Waals surface area contributed by atoms with Crippen LogP contribution in [-0.4, -0.2) is 46.4 Å². The molecule has 4 nitrogen and oxygen atoms in total. The van der Waals surface area contributed by atoms with Gasteiger partial charge in [-0.1, -0.05) is 11.6 Å². The van der Waals surface area contributed by atoms with Gasteiger partial charge < -0.3 is 9.84 Å². The molecule has 0 amide bonds. The van der Waals surface area contributed by atoms with Gasteiger partial charge in [0.05, 0.1) is 22.4 Å². The maximum Gasteiger partial charge on any atom is 0.0965 e. The molecule has 2 aliphatic heterocycles. The SMILES string of the molecule is O[C@H]1CN(Cc2ccc(Cl)cn2)CC[C@@]12CCCO2. The molecule has 2 saturated heterocycles. The van der Waals surface area contributed by atoms with E-state index in [-0.39, 0.29) is 5.60 Å². The lowest BCUT2D eigenvalue weighted by atomic mass is 9.86. The Morgan fingerprint density at radius 2 is 2.37 bits per heavy atom. The normalized spacial score (nSPS) is 32.0. The molecular formula is C14H19ClN2O2. The van der Waals surface area contributed by atoms with Crippen LogP contribution < -0.4 is 0 Å². The van der Waals surface area contributed by atoms with Crippen molar-refractivity contribution in [2.24, 2.45) is 0 Å². The fourth-order valence-corrected chi connectivity index (χ4v) is 3.18. The monoisotopic (exact) mass is 282 g/mol. The molecule has 2 atom stereocenters. The van der Waals surface area contributed by atoms with Gasteiger partial charge in [-0.2, -0.15) is 0 Å². The first-order chi connectivity index (χ1) is 9.18. The molecule has 2 fully saturated rings. The second-order valence-corrected chi connectivity index (χ2v) is 5.92. The van der Waals surface area contributed by atoms with E-state index in [0.717, 1.165) is 44.7 Å². The smallest absolute Gasteiger partial charge is 0.0965 e. The summed E-state index contributed by atoms with van der Waals surface area (Å²) in [5.74, 6) is 0. The number of aromatic nitrogens is 1. The van der Waals surface area contributed by atoms with Crippen LogP contribution in [0.4, 0.5) is 0 Å². The molecule has 1 spiro atoms. The van der Waals surface area contributed by atoms with E-state index in [0.29, 0.717) is 11.6 Å². The first-order valence-electron chi connectivity index (χ1n) is 6.83. The van der Waals surface area contributed by atoms with Crippen LogP contribution in [-0.2, 0) is 11.3 Å². The summed E-state index contributed by atoms with van der Waals surface area (Å²) in [6, 6.07) is 3.79. The molecule has 0 unspecified atom stereocenters. The van der Waals surface area contributed by atoms with Crippen molar-refractivity contribution in [2.45, 2.75) is 37.5 Å². The van der Waals surface area contributed by atoms with Crippen molar-refractivity contribution in [3.63, 3.8) is 0 Å². The summed E-state index contributed by atoms with van der Waals surface area (Å²) < 4.78 is 5.80. The third kappa shape index (κ3) is 2.77. The second-order valence-electron chi connectivity index (χ2n) is 5.49. The summed E-state index contributed by atoms with van der Waals surface area (Å²) in [6.45, 7) is 3.14. The van der Waals surface area contributed by atoms with Gasteiger partial charge in [-0.05, 0) is 31.4 Å². The number of ether oxygens (including phenoxy) is 1. The Labute approximate surface area is 118 Å². The minimum Gasteiger partial charge on any atom is -0.389 e. The van der Waals surface area contributed by atoms with E-state index in [1.807, 2.05) is 12.1 Å². The van der Waals surface area contributed by atoms with Crippen LogP contribution in [0.2, 0.25) is 5.02 Å². The van der Waals surface area contributed by atoms with Crippen LogP contribution in [0.3, 0.4) is 0 Å². The molecule has 1 N–H and O–H groups in total. The molecule has 2 aliphatic rings. The van der Waals surface area contributed by atoms with Crippen LogP contribution >= 0.6 is 11.6 Å². The zero-order valence-corrected chi connectivity index (χ0v) is 11.6. The van der Waals surface area contributed by atoms with Crippen LogP contribution in [0.1, 0.15) is 25.0 Å². The first kappa shape index (κ1) is 13.3. The van der Waals surface area contributed by atoms with Crippen molar-refractivity contribution in [3.05, 3.63) is 29.0 Å². The number of piperidine rings is 1. The lowest BCUT2D eigenvalue weighted by Crippen LogP contribution is -2.54. The Morgan fingerprint density at radius 1 is 1.47 bits per heavy atom. The molecular weight excluding hydrogens is 264 g/mol. The third-order valence-electron chi connectivity index (χ3n) is 4.20. The van der Waals surface area contributed by atoms with E-state index in [4.69, 9.17) is 16.3 Å². The first-order valence-corrected chi connectivity index (χ1v) is 7.21. The fraction of sp³-hybridized carbons (Fsp3) is 0.643. The second kappa shape index (κ2) is 5.37. The van der Waals surface area contributed by atoms with Gasteiger partial charge in [0.25, 0.3) is 0 Å². The molecule has 3 heterocycles. The van der Waals surface area contributed by atoms with Crippen molar-refractivity contribution in [1.82, 2.24) is 9.88 Å². The minimum atomic E-state index is -0.393. The Kier molecular flexibility index (Phi) is 3.76. The Bertz CT molecular complexity index is 432. The highest BCUT2D eigenvalue weighted by atomic mass is 35.5. The number of rotatable bonds is 2. The third-order valence-corrected chi connectivity index (χ3v) is 4.42. The van der Waals surface area contributed by atoms with Crippen LogP contribution in [0.25, 0.3) is 0 Å². The molecule has 0 radical (unpaired) electrons. The highest BCUT2D eigenvalue weighted by molar-refractivity contribution is 6.30. The zero-order chi connectivity index (χ0) is 13.3. The van der Waals surface area contributed by atoms with Gasteiger partial charge >= 0.3 is 0 Å². The highest BCUT2D eigenvalue weighted by Crippen LogP contribution is 2.36. The summed E-state index contributed by atoms with van der Waals surface area (Å²) in [5.41, 5.74) is 0.712. The number of aliphatic hydroxyl groups excluding tert-OH is 1. The highest BCUT2D eigenvalue weighted by Gasteiger charge is 2.45. The molecule has 3 rings (SSSR count). The molecule has 19 heavy (non-hydrogen) atoms. The summed E-state index contributed by atoms with van der Waals surface area (Å²) in [6.07, 6.45) is 4.23. The topological polar surface area (TPSA) is 45.6 Å². The number of likely N-dealkylation sites (tertiary alicyclic amines) is 1. The average Bonchev–Trinajstić information content (AvgIpc) is 2.87. The quantitative estimate of drug-likeness (QED) is 0.899. The van der Waals surface area contributed by atoms with E-state index < -0.39 is 6.10 Å². The van der Waals surface area contributed by atoms with Crippen LogP contribution in [0, 0.1) is 0 Å². The number of aliphatic hydroxyl groups is 1. The molecule has 5 heteroatoms. The van der Waals surface area contributed by atoms with E-state index >= 15 is 0 Å². The summed E-state index contributed by atoms with van der Waals surface area (Å²) in [4.78, 5) is 6.53. The zero-order valence-electron chi connectivity index (χ0n) is 10.9. The molecule has 1 aromatic rings. The number of nitrogens with zero attached hydrogens (tertiary/aromatic N) is 2. The molecule has 104 valence electrons. The van der Waals surface area contributed by atoms with Gasteiger partial charge in [-0.25, -0.2) is 0 Å². The fourth-order valence-electron chi connectivity index (χ4n) is 3.07. The van der Waals surface area contributed by atoms with Crippen LogP contribution in [0.5, 0.6) is 0 Å². The Balaban J connectivity index is 1.61. The summed E-state index contributed by atoms with van der Waals surface area (Å²) in [7, 11) is 0. The molecule has 0 bridgehead atoms. The van der Waals surface area contributed by atoms with Gasteiger partial charge in [0.2, 0.25) is 0 Å². The van der Waals surface area contributed by atoms with Crippen molar-refractivity contribution in [3.8, 4) is 0 Å². The molecule has 0 saturated carbocycles. The van der Waals surface area contributed by atoms with Gasteiger partial charge in [0.1, 0.15) is 0 Å². The largest absolute Gasteiger partial charge is 0.389 e. The van der Waals surface area contributed by atoms with E-state index in [2.05, 4.69) is 9.88 Å². The number of halogens is 1. The number of hydrogen-bond donors (Lipinski definition) is 1. The predicted octanol–water partition coefficient (Wildman–Crippen LogP) is 1.85. The van der Waals surface area contributed by atoms with Crippen molar-refractivity contribution < 1.29 is 9.84 Å². The van der Waals surface area contributed by atoms with Gasteiger partial charge in [0, 0.05) is 32.4 Å². The number of pyridine rings is 1. The Hall–Kier alpha value is -0.680. The molecule has 0 aromatic carbocycles. The molecule has 1 aromatic heterocycles. The average molecular weight is 283 g/mol. The predicted molar refractivity (Wildman–Crippen MR) is 73.1 cm³/mol.